The second-order valence-electron chi connectivity index (χ2n) is 4.92. The number of hydrogen-bond donors (Lipinski definition) is 0. The maximum atomic E-state index is 5.59. The molecular weight excluding hydrogens is 288 g/mol. The second kappa shape index (κ2) is 7.63. The van der Waals surface area contributed by atoms with E-state index in [4.69, 9.17) is 4.74 Å². The van der Waals surface area contributed by atoms with E-state index in [1.165, 1.54) is 16.7 Å². The Morgan fingerprint density at radius 3 is 2.67 bits per heavy atom. The van der Waals surface area contributed by atoms with Crippen molar-refractivity contribution in [3.63, 3.8) is 0 Å². The van der Waals surface area contributed by atoms with Crippen molar-refractivity contribution >= 4 is 15.9 Å². The number of alkyl halides is 1. The van der Waals surface area contributed by atoms with E-state index in [1.807, 2.05) is 0 Å². The third-order valence-electron chi connectivity index (χ3n) is 3.07. The molecule has 0 fully saturated rings. The zero-order valence-corrected chi connectivity index (χ0v) is 13.4. The summed E-state index contributed by atoms with van der Waals surface area (Å²) in [6.45, 7) is 6.56. The molecule has 0 atom stereocenters. The van der Waals surface area contributed by atoms with Crippen molar-refractivity contribution in [1.29, 1.82) is 0 Å². The van der Waals surface area contributed by atoms with E-state index in [0.29, 0.717) is 5.92 Å². The first-order valence-corrected chi connectivity index (χ1v) is 7.59. The van der Waals surface area contributed by atoms with E-state index >= 15 is 0 Å². The summed E-state index contributed by atoms with van der Waals surface area (Å²) in [4.78, 5) is 0. The molecule has 0 aliphatic rings. The minimum atomic E-state index is 0.500. The number of rotatable bonds is 6. The summed E-state index contributed by atoms with van der Waals surface area (Å²) in [6, 6.07) is 6.46. The highest BCUT2D eigenvalue weighted by Crippen LogP contribution is 2.30. The molecule has 0 spiro atoms. The Morgan fingerprint density at radius 2 is 2.11 bits per heavy atom. The topological polar surface area (TPSA) is 9.23 Å². The minimum absolute atomic E-state index is 0.500. The molecule has 1 rings (SSSR count). The average molecular weight is 311 g/mol. The van der Waals surface area contributed by atoms with Crippen molar-refractivity contribution in [3.8, 4) is 5.75 Å². The molecular formula is C16H23BrO. The highest BCUT2D eigenvalue weighted by Gasteiger charge is 2.10. The molecule has 0 amide bonds. The summed E-state index contributed by atoms with van der Waals surface area (Å²) in [5, 5.41) is 0.955. The summed E-state index contributed by atoms with van der Waals surface area (Å²) in [5.41, 5.74) is 3.99. The minimum Gasteiger partial charge on any atom is -0.496 e. The van der Waals surface area contributed by atoms with Crippen LogP contribution in [0.15, 0.2) is 29.8 Å². The maximum Gasteiger partial charge on any atom is 0.125 e. The Labute approximate surface area is 119 Å². The highest BCUT2D eigenvalue weighted by atomic mass is 79.9. The lowest BCUT2D eigenvalue weighted by Gasteiger charge is -2.15. The van der Waals surface area contributed by atoms with Gasteiger partial charge in [0.05, 0.1) is 7.11 Å². The fourth-order valence-corrected chi connectivity index (χ4v) is 2.26. The Hall–Kier alpha value is -0.760. The summed E-state index contributed by atoms with van der Waals surface area (Å²) >= 11 is 3.47. The molecule has 1 aromatic rings. The van der Waals surface area contributed by atoms with E-state index in [2.05, 4.69) is 61.0 Å². The fourth-order valence-electron chi connectivity index (χ4n) is 2.03. The van der Waals surface area contributed by atoms with Gasteiger partial charge in [0.1, 0.15) is 5.75 Å². The average Bonchev–Trinajstić information content (AvgIpc) is 2.37. The van der Waals surface area contributed by atoms with Gasteiger partial charge in [-0.3, -0.25) is 0 Å². The van der Waals surface area contributed by atoms with Gasteiger partial charge in [0.15, 0.2) is 0 Å². The number of para-hydroxylation sites is 1. The molecule has 0 heterocycles. The van der Waals surface area contributed by atoms with E-state index in [-0.39, 0.29) is 0 Å². The smallest absolute Gasteiger partial charge is 0.125 e. The number of allylic oxidation sites excluding steroid dienone is 2. The molecule has 0 aromatic heterocycles. The SMILES string of the molecule is COc1c(CC/C=C(\C)CBr)cccc1C(C)C. The standard InChI is InChI=1S/C16H23BrO/c1-12(2)15-10-6-9-14(16(15)18-4)8-5-7-13(3)11-17/h6-7,9-10,12H,5,8,11H2,1-4H3/b13-7+. The zero-order valence-electron chi connectivity index (χ0n) is 11.8. The van der Waals surface area contributed by atoms with Crippen molar-refractivity contribution < 1.29 is 4.74 Å². The van der Waals surface area contributed by atoms with E-state index in [0.717, 1.165) is 23.9 Å². The first kappa shape index (κ1) is 15.3. The molecule has 0 aliphatic carbocycles. The van der Waals surface area contributed by atoms with Crippen LogP contribution in [-0.2, 0) is 6.42 Å². The van der Waals surface area contributed by atoms with Gasteiger partial charge in [0, 0.05) is 5.33 Å². The Kier molecular flexibility index (Phi) is 6.48. The van der Waals surface area contributed by atoms with Gasteiger partial charge in [-0.05, 0) is 36.8 Å². The number of hydrogen-bond acceptors (Lipinski definition) is 1. The molecule has 0 aliphatic heterocycles. The lowest BCUT2D eigenvalue weighted by atomic mass is 9.97. The van der Waals surface area contributed by atoms with Gasteiger partial charge >= 0.3 is 0 Å². The van der Waals surface area contributed by atoms with Crippen molar-refractivity contribution in [1.82, 2.24) is 0 Å². The second-order valence-corrected chi connectivity index (χ2v) is 5.48. The third kappa shape index (κ3) is 4.16. The highest BCUT2D eigenvalue weighted by molar-refractivity contribution is 9.09. The number of halogens is 1. The number of methoxy groups -OCH3 is 1. The van der Waals surface area contributed by atoms with Crippen LogP contribution in [0, 0.1) is 0 Å². The van der Waals surface area contributed by atoms with Crippen LogP contribution in [0.4, 0.5) is 0 Å². The van der Waals surface area contributed by atoms with Crippen LogP contribution in [0.1, 0.15) is 44.2 Å². The quantitative estimate of drug-likeness (QED) is 0.525. The molecule has 1 nitrogen and oxygen atoms in total. The predicted octanol–water partition coefficient (Wildman–Crippen LogP) is 5.09. The van der Waals surface area contributed by atoms with E-state index < -0.39 is 0 Å². The van der Waals surface area contributed by atoms with Gasteiger partial charge in [0.25, 0.3) is 0 Å². The first-order valence-electron chi connectivity index (χ1n) is 6.47. The van der Waals surface area contributed by atoms with Gasteiger partial charge in [-0.25, -0.2) is 0 Å². The van der Waals surface area contributed by atoms with Crippen LogP contribution in [0.3, 0.4) is 0 Å². The molecule has 0 bridgehead atoms. The van der Waals surface area contributed by atoms with Crippen LogP contribution in [0.5, 0.6) is 5.75 Å². The molecule has 0 saturated carbocycles. The van der Waals surface area contributed by atoms with E-state index in [9.17, 15) is 0 Å². The van der Waals surface area contributed by atoms with Crippen LogP contribution < -0.4 is 4.74 Å². The summed E-state index contributed by atoms with van der Waals surface area (Å²) in [6.07, 6.45) is 4.39. The summed E-state index contributed by atoms with van der Waals surface area (Å²) in [5.74, 6) is 1.57. The van der Waals surface area contributed by atoms with Crippen LogP contribution >= 0.6 is 15.9 Å². The molecule has 100 valence electrons. The monoisotopic (exact) mass is 310 g/mol. The van der Waals surface area contributed by atoms with Crippen LogP contribution in [-0.4, -0.2) is 12.4 Å². The van der Waals surface area contributed by atoms with Crippen LogP contribution in [0.25, 0.3) is 0 Å². The van der Waals surface area contributed by atoms with Gasteiger partial charge in [-0.15, -0.1) is 0 Å². The number of ether oxygens (including phenoxy) is 1. The molecule has 0 radical (unpaired) electrons. The molecule has 0 N–H and O–H groups in total. The van der Waals surface area contributed by atoms with Gasteiger partial charge in [0.2, 0.25) is 0 Å². The Bertz CT molecular complexity index is 408. The van der Waals surface area contributed by atoms with Crippen molar-refractivity contribution in [2.45, 2.75) is 39.5 Å². The normalized spacial score (nSPS) is 12.0. The first-order chi connectivity index (χ1) is 8.60. The van der Waals surface area contributed by atoms with Crippen molar-refractivity contribution in [3.05, 3.63) is 41.0 Å². The fraction of sp³-hybridized carbons (Fsp3) is 0.500. The molecule has 1 aromatic carbocycles. The summed E-state index contributed by atoms with van der Waals surface area (Å²) in [7, 11) is 1.77. The lowest BCUT2D eigenvalue weighted by Crippen LogP contribution is -1.99. The lowest BCUT2D eigenvalue weighted by molar-refractivity contribution is 0.402. The molecule has 0 saturated heterocycles. The maximum absolute atomic E-state index is 5.59. The van der Waals surface area contributed by atoms with Crippen LogP contribution in [0.2, 0.25) is 0 Å². The van der Waals surface area contributed by atoms with E-state index in [1.54, 1.807) is 7.11 Å². The van der Waals surface area contributed by atoms with Crippen molar-refractivity contribution in [2.75, 3.05) is 12.4 Å². The van der Waals surface area contributed by atoms with Gasteiger partial charge in [-0.2, -0.15) is 0 Å². The Balaban J connectivity index is 2.85. The predicted molar refractivity (Wildman–Crippen MR) is 83.0 cm³/mol. The van der Waals surface area contributed by atoms with Gasteiger partial charge < -0.3 is 4.74 Å². The third-order valence-corrected chi connectivity index (χ3v) is 3.95. The number of aryl methyl sites for hydroxylation is 1. The van der Waals surface area contributed by atoms with Gasteiger partial charge in [-0.1, -0.05) is 59.6 Å². The number of benzene rings is 1. The Morgan fingerprint density at radius 1 is 1.39 bits per heavy atom. The molecule has 18 heavy (non-hydrogen) atoms. The molecule has 0 unspecified atom stereocenters. The zero-order chi connectivity index (χ0) is 13.5. The molecule has 2 heteroatoms. The largest absolute Gasteiger partial charge is 0.496 e. The van der Waals surface area contributed by atoms with Crippen molar-refractivity contribution in [2.24, 2.45) is 0 Å². The summed E-state index contributed by atoms with van der Waals surface area (Å²) < 4.78 is 5.59.